The molecule has 0 aliphatic carbocycles. The van der Waals surface area contributed by atoms with E-state index in [1.54, 1.807) is 6.07 Å². The third-order valence-electron chi connectivity index (χ3n) is 9.67. The molecule has 0 aromatic carbocycles. The highest BCUT2D eigenvalue weighted by molar-refractivity contribution is 5.98. The molecule has 0 amide bonds. The predicted octanol–water partition coefficient (Wildman–Crippen LogP) is 8.23. The SMILES string of the molecule is CCCCC(=O)c1cc2nc(c1)-c1cc(C(=O)CCCN)cc(n1)CN(C)Cc1cccc(n1)-c1cccc(n1)CN(C)C2.Cc1cccc(-c2cccc(C)n2)n1. The predicted molar refractivity (Wildman–Crippen MR) is 229 cm³/mol. The molecule has 1 aliphatic rings. The van der Waals surface area contributed by atoms with E-state index in [-0.39, 0.29) is 11.6 Å². The molecule has 58 heavy (non-hydrogen) atoms. The smallest absolute Gasteiger partial charge is 0.163 e. The van der Waals surface area contributed by atoms with Crippen molar-refractivity contribution in [2.24, 2.45) is 5.73 Å². The van der Waals surface area contributed by atoms with Gasteiger partial charge < -0.3 is 5.73 Å². The number of aromatic nitrogens is 6. The fourth-order valence-electron chi connectivity index (χ4n) is 6.82. The summed E-state index contributed by atoms with van der Waals surface area (Å²) in [6, 6.07) is 31.3. The first-order valence-electron chi connectivity index (χ1n) is 20.0. The number of pyridine rings is 6. The Bertz CT molecular complexity index is 2200. The molecule has 6 aromatic rings. The highest BCUT2D eigenvalue weighted by Crippen LogP contribution is 2.25. The molecule has 2 N–H and O–H groups in total. The zero-order chi connectivity index (χ0) is 41.0. The van der Waals surface area contributed by atoms with Gasteiger partial charge in [0.25, 0.3) is 0 Å². The minimum absolute atomic E-state index is 0.0169. The van der Waals surface area contributed by atoms with Crippen molar-refractivity contribution in [3.05, 3.63) is 142 Å². The molecule has 11 heteroatoms. The summed E-state index contributed by atoms with van der Waals surface area (Å²) in [6.07, 6.45) is 3.21. The largest absolute Gasteiger partial charge is 0.330 e. The van der Waals surface area contributed by atoms with Gasteiger partial charge in [-0.05, 0) is 120 Å². The summed E-state index contributed by atoms with van der Waals surface area (Å²) < 4.78 is 0. The van der Waals surface area contributed by atoms with Gasteiger partial charge in [-0.15, -0.1) is 0 Å². The first-order valence-corrected chi connectivity index (χ1v) is 20.0. The Kier molecular flexibility index (Phi) is 14.4. The van der Waals surface area contributed by atoms with Crippen LogP contribution in [0, 0.1) is 13.8 Å². The maximum Gasteiger partial charge on any atom is 0.163 e. The van der Waals surface area contributed by atoms with Gasteiger partial charge in [0.1, 0.15) is 0 Å². The number of ketones is 2. The molecule has 0 saturated carbocycles. The van der Waals surface area contributed by atoms with Gasteiger partial charge in [-0.1, -0.05) is 37.6 Å². The van der Waals surface area contributed by atoms with Gasteiger partial charge in [0.05, 0.1) is 56.9 Å². The van der Waals surface area contributed by atoms with E-state index in [9.17, 15) is 9.59 Å². The summed E-state index contributed by atoms with van der Waals surface area (Å²) in [4.78, 5) is 59.4. The molecule has 8 bridgehead atoms. The number of unbranched alkanes of at least 4 members (excludes halogenated alkanes) is 1. The molecule has 0 fully saturated rings. The second kappa shape index (κ2) is 20.0. The van der Waals surface area contributed by atoms with Crippen LogP contribution in [0.15, 0.2) is 97.1 Å². The summed E-state index contributed by atoms with van der Waals surface area (Å²) in [5, 5.41) is 0. The fourth-order valence-corrected chi connectivity index (χ4v) is 6.82. The van der Waals surface area contributed by atoms with Crippen LogP contribution in [0.2, 0.25) is 0 Å². The lowest BCUT2D eigenvalue weighted by Crippen LogP contribution is -2.20. The standard InChI is InChI=1S/C35H41N7O2.C12H12N2/c1-4-5-13-34(43)24-16-28-22-41(2)20-26-9-6-11-30(37-26)31-12-7-10-27(38-31)21-42(3)23-29-17-25(35(44)14-8-15-36)19-33(40-29)32(18-24)39-28;1-9-5-3-7-11(13-9)12-8-4-6-10(2)14-12/h6-7,9-12,16-19H,4-5,8,13-15,20-23,36H2,1-3H3;3-8H,1-2H3. The van der Waals surface area contributed by atoms with Gasteiger partial charge in [-0.2, -0.15) is 0 Å². The summed E-state index contributed by atoms with van der Waals surface area (Å²) in [5.74, 6) is 0.1000. The average Bonchev–Trinajstić information content (AvgIpc) is 3.21. The summed E-state index contributed by atoms with van der Waals surface area (Å²) >= 11 is 0. The Hall–Kier alpha value is -5.88. The molecular weight excluding hydrogens is 723 g/mol. The van der Waals surface area contributed by atoms with Crippen molar-refractivity contribution in [2.45, 2.75) is 79.1 Å². The van der Waals surface area contributed by atoms with Gasteiger partial charge in [0.15, 0.2) is 11.6 Å². The van der Waals surface area contributed by atoms with Crippen molar-refractivity contribution >= 4 is 11.6 Å². The third kappa shape index (κ3) is 11.6. The molecule has 7 rings (SSSR count). The van der Waals surface area contributed by atoms with Crippen LogP contribution < -0.4 is 5.73 Å². The maximum atomic E-state index is 13.3. The van der Waals surface area contributed by atoms with E-state index in [4.69, 9.17) is 25.7 Å². The van der Waals surface area contributed by atoms with E-state index in [0.717, 1.165) is 69.8 Å². The topological polar surface area (TPSA) is 144 Å². The Morgan fingerprint density at radius 2 is 0.897 bits per heavy atom. The highest BCUT2D eigenvalue weighted by Gasteiger charge is 2.18. The van der Waals surface area contributed by atoms with E-state index < -0.39 is 0 Å². The summed E-state index contributed by atoms with van der Waals surface area (Å²) in [7, 11) is 4.02. The second-order valence-electron chi connectivity index (χ2n) is 15.0. The molecule has 298 valence electrons. The van der Waals surface area contributed by atoms with Gasteiger partial charge in [0.2, 0.25) is 0 Å². The van der Waals surface area contributed by atoms with Crippen LogP contribution in [0.5, 0.6) is 0 Å². The lowest BCUT2D eigenvalue weighted by molar-refractivity contribution is 0.0972. The molecule has 11 nitrogen and oxygen atoms in total. The Morgan fingerprint density at radius 3 is 1.31 bits per heavy atom. The number of carbonyl (C=O) groups is 2. The van der Waals surface area contributed by atoms with E-state index in [2.05, 4.69) is 26.7 Å². The molecular formula is C47H53N9O2. The lowest BCUT2D eigenvalue weighted by atomic mass is 10.0. The number of hydrogen-bond donors (Lipinski definition) is 1. The van der Waals surface area contributed by atoms with Crippen LogP contribution in [0.4, 0.5) is 0 Å². The van der Waals surface area contributed by atoms with E-state index in [1.807, 2.05) is 119 Å². The van der Waals surface area contributed by atoms with E-state index in [1.165, 1.54) is 0 Å². The Balaban J connectivity index is 0.000000339. The number of rotatable bonds is 9. The van der Waals surface area contributed by atoms with Crippen molar-refractivity contribution in [1.29, 1.82) is 0 Å². The van der Waals surface area contributed by atoms with Crippen molar-refractivity contribution in [1.82, 2.24) is 39.7 Å². The van der Waals surface area contributed by atoms with Crippen molar-refractivity contribution in [2.75, 3.05) is 20.6 Å². The zero-order valence-corrected chi connectivity index (χ0v) is 34.3. The van der Waals surface area contributed by atoms with Crippen LogP contribution in [0.3, 0.4) is 0 Å². The van der Waals surface area contributed by atoms with Gasteiger partial charge in [-0.3, -0.25) is 29.4 Å². The van der Waals surface area contributed by atoms with E-state index >= 15 is 0 Å². The van der Waals surface area contributed by atoms with Crippen LogP contribution in [-0.2, 0) is 26.2 Å². The molecule has 0 spiro atoms. The van der Waals surface area contributed by atoms with Gasteiger partial charge >= 0.3 is 0 Å². The number of fused-ring (bicyclic) bond motifs is 10. The van der Waals surface area contributed by atoms with Crippen LogP contribution >= 0.6 is 0 Å². The van der Waals surface area contributed by atoms with Gasteiger partial charge in [0, 0.05) is 61.5 Å². The quantitative estimate of drug-likeness (QED) is 0.142. The van der Waals surface area contributed by atoms with Crippen LogP contribution in [-0.4, -0.2) is 71.9 Å². The molecule has 1 aliphatic heterocycles. The Morgan fingerprint density at radius 1 is 0.517 bits per heavy atom. The van der Waals surface area contributed by atoms with Crippen molar-refractivity contribution < 1.29 is 9.59 Å². The molecule has 0 atom stereocenters. The number of aryl methyl sites for hydroxylation is 2. The van der Waals surface area contributed by atoms with Crippen LogP contribution in [0.1, 0.15) is 93.9 Å². The monoisotopic (exact) mass is 775 g/mol. The first kappa shape index (κ1) is 41.7. The number of Topliss-reactive ketones (excluding diaryl/α,β-unsaturated/α-hetero) is 2. The molecule has 7 heterocycles. The molecule has 0 unspecified atom stereocenters. The van der Waals surface area contributed by atoms with Gasteiger partial charge in [-0.25, -0.2) is 19.9 Å². The maximum absolute atomic E-state index is 13.3. The van der Waals surface area contributed by atoms with Crippen molar-refractivity contribution in [3.8, 4) is 34.2 Å². The highest BCUT2D eigenvalue weighted by atomic mass is 16.1. The normalized spacial score (nSPS) is 13.1. The summed E-state index contributed by atoms with van der Waals surface area (Å²) in [5.41, 5.74) is 17.0. The second-order valence-corrected chi connectivity index (χ2v) is 15.0. The third-order valence-corrected chi connectivity index (χ3v) is 9.67. The first-order chi connectivity index (χ1) is 28.1. The molecule has 0 radical (unpaired) electrons. The molecule has 0 saturated heterocycles. The lowest BCUT2D eigenvalue weighted by Gasteiger charge is -2.19. The minimum atomic E-state index is 0.0169. The number of nitrogens with two attached hydrogens (primary N) is 1. The van der Waals surface area contributed by atoms with Crippen LogP contribution in [0.25, 0.3) is 34.2 Å². The van der Waals surface area contributed by atoms with E-state index in [0.29, 0.717) is 74.5 Å². The average molecular weight is 776 g/mol. The number of nitrogens with zero attached hydrogens (tertiary/aromatic N) is 8. The Labute approximate surface area is 341 Å². The fraction of sp³-hybridized carbons (Fsp3) is 0.319. The minimum Gasteiger partial charge on any atom is -0.330 e. The number of hydrogen-bond acceptors (Lipinski definition) is 11. The van der Waals surface area contributed by atoms with Crippen molar-refractivity contribution in [3.63, 3.8) is 0 Å². The zero-order valence-electron chi connectivity index (χ0n) is 34.3. The summed E-state index contributed by atoms with van der Waals surface area (Å²) in [6.45, 7) is 8.68. The molecule has 6 aromatic heterocycles. The number of carbonyl (C=O) groups excluding carboxylic acids is 2.